The van der Waals surface area contributed by atoms with E-state index in [2.05, 4.69) is 50.6 Å². The van der Waals surface area contributed by atoms with Crippen molar-refractivity contribution in [2.24, 2.45) is 0 Å². The van der Waals surface area contributed by atoms with Crippen molar-refractivity contribution in [3.63, 3.8) is 0 Å². The van der Waals surface area contributed by atoms with Crippen LogP contribution in [0.25, 0.3) is 11.3 Å². The highest BCUT2D eigenvalue weighted by atomic mass is 16.5. The molecule has 1 unspecified atom stereocenters. The molecule has 0 aliphatic heterocycles. The molecular formula is C20H30N2O2. The Balaban J connectivity index is 2.44. The lowest BCUT2D eigenvalue weighted by Gasteiger charge is -2.18. The maximum atomic E-state index is 5.43. The molecule has 0 aliphatic rings. The van der Waals surface area contributed by atoms with Crippen LogP contribution in [0.5, 0.6) is 5.75 Å². The number of aromatic nitrogens is 2. The van der Waals surface area contributed by atoms with Gasteiger partial charge >= 0.3 is 0 Å². The summed E-state index contributed by atoms with van der Waals surface area (Å²) >= 11 is 0. The number of methoxy groups -OCH3 is 2. The van der Waals surface area contributed by atoms with E-state index < -0.39 is 0 Å². The molecule has 132 valence electrons. The molecule has 1 atom stereocenters. The summed E-state index contributed by atoms with van der Waals surface area (Å²) in [5.74, 6) is 2.07. The second-order valence-corrected chi connectivity index (χ2v) is 6.28. The largest absolute Gasteiger partial charge is 0.496 e. The zero-order chi connectivity index (χ0) is 17.7. The summed E-state index contributed by atoms with van der Waals surface area (Å²) in [4.78, 5) is 4.91. The van der Waals surface area contributed by atoms with E-state index in [1.54, 1.807) is 14.2 Å². The molecule has 1 aromatic heterocycles. The third-order valence-corrected chi connectivity index (χ3v) is 4.66. The van der Waals surface area contributed by atoms with Gasteiger partial charge in [-0.3, -0.25) is 0 Å². The van der Waals surface area contributed by atoms with Crippen molar-refractivity contribution in [2.45, 2.75) is 53.0 Å². The van der Waals surface area contributed by atoms with Crippen molar-refractivity contribution >= 4 is 0 Å². The predicted octanol–water partition coefficient (Wildman–Crippen LogP) is 4.73. The van der Waals surface area contributed by atoms with Gasteiger partial charge < -0.3 is 14.0 Å². The van der Waals surface area contributed by atoms with Crippen molar-refractivity contribution < 1.29 is 9.47 Å². The average molecular weight is 330 g/mol. The van der Waals surface area contributed by atoms with Gasteiger partial charge in [0.15, 0.2) is 0 Å². The summed E-state index contributed by atoms with van der Waals surface area (Å²) in [7, 11) is 3.48. The molecule has 0 aliphatic carbocycles. The fourth-order valence-corrected chi connectivity index (χ4v) is 3.22. The predicted molar refractivity (Wildman–Crippen MR) is 98.9 cm³/mol. The summed E-state index contributed by atoms with van der Waals surface area (Å²) in [5, 5.41) is 0. The molecule has 1 aromatic carbocycles. The Labute approximate surface area is 145 Å². The highest BCUT2D eigenvalue weighted by molar-refractivity contribution is 5.66. The van der Waals surface area contributed by atoms with E-state index >= 15 is 0 Å². The molecule has 0 spiro atoms. The van der Waals surface area contributed by atoms with Crippen LogP contribution in [0.3, 0.4) is 0 Å². The molecule has 0 amide bonds. The van der Waals surface area contributed by atoms with Crippen LogP contribution < -0.4 is 4.74 Å². The van der Waals surface area contributed by atoms with Gasteiger partial charge in [-0.2, -0.15) is 0 Å². The number of benzene rings is 1. The van der Waals surface area contributed by atoms with Crippen LogP contribution in [-0.4, -0.2) is 30.4 Å². The van der Waals surface area contributed by atoms with Crippen LogP contribution >= 0.6 is 0 Å². The van der Waals surface area contributed by atoms with Crippen LogP contribution in [0.15, 0.2) is 18.3 Å². The van der Waals surface area contributed by atoms with Crippen LogP contribution in [0.1, 0.15) is 49.7 Å². The van der Waals surface area contributed by atoms with Crippen molar-refractivity contribution in [1.29, 1.82) is 0 Å². The highest BCUT2D eigenvalue weighted by Crippen LogP contribution is 2.31. The van der Waals surface area contributed by atoms with E-state index in [0.717, 1.165) is 48.7 Å². The smallest absolute Gasteiger partial charge is 0.122 e. The van der Waals surface area contributed by atoms with E-state index in [-0.39, 0.29) is 0 Å². The standard InChI is InChI=1S/C20H30N2O2/c1-7-16(9-10-23-5)22-13-18(21-20(22)8-2)17-11-15(4)19(24-6)12-14(17)3/h11-13,16H,7-10H2,1-6H3. The fourth-order valence-electron chi connectivity index (χ4n) is 3.22. The number of rotatable bonds is 8. The third kappa shape index (κ3) is 3.81. The molecule has 4 nitrogen and oxygen atoms in total. The summed E-state index contributed by atoms with van der Waals surface area (Å²) in [6.07, 6.45) is 5.22. The van der Waals surface area contributed by atoms with Crippen molar-refractivity contribution in [3.05, 3.63) is 35.3 Å². The quantitative estimate of drug-likeness (QED) is 0.702. The molecule has 0 saturated heterocycles. The molecule has 0 saturated carbocycles. The molecule has 0 radical (unpaired) electrons. The van der Waals surface area contributed by atoms with Gasteiger partial charge in [-0.15, -0.1) is 0 Å². The Hall–Kier alpha value is -1.81. The SMILES string of the molecule is CCc1nc(-c2cc(C)c(OC)cc2C)cn1C(CC)CCOC. The number of aryl methyl sites for hydroxylation is 3. The molecule has 0 N–H and O–H groups in total. The molecule has 24 heavy (non-hydrogen) atoms. The lowest BCUT2D eigenvalue weighted by molar-refractivity contribution is 0.176. The molecule has 0 fully saturated rings. The van der Waals surface area contributed by atoms with E-state index in [1.165, 1.54) is 11.1 Å². The molecule has 4 heteroatoms. The van der Waals surface area contributed by atoms with Crippen LogP contribution in [-0.2, 0) is 11.2 Å². The maximum Gasteiger partial charge on any atom is 0.122 e. The first kappa shape index (κ1) is 18.5. The van der Waals surface area contributed by atoms with Gasteiger partial charge in [0.25, 0.3) is 0 Å². The number of imidazole rings is 1. The van der Waals surface area contributed by atoms with Gasteiger partial charge in [-0.25, -0.2) is 4.98 Å². The number of hydrogen-bond donors (Lipinski definition) is 0. The maximum absolute atomic E-state index is 5.43. The summed E-state index contributed by atoms with van der Waals surface area (Å²) in [5.41, 5.74) is 4.56. The van der Waals surface area contributed by atoms with E-state index in [9.17, 15) is 0 Å². The van der Waals surface area contributed by atoms with Gasteiger partial charge in [0.2, 0.25) is 0 Å². The molecular weight excluding hydrogens is 300 g/mol. The zero-order valence-electron chi connectivity index (χ0n) is 15.8. The molecule has 0 bridgehead atoms. The van der Waals surface area contributed by atoms with Gasteiger partial charge in [0, 0.05) is 37.9 Å². The fraction of sp³-hybridized carbons (Fsp3) is 0.550. The Bertz CT molecular complexity index is 677. The Kier molecular flexibility index (Phi) is 6.44. The normalized spacial score (nSPS) is 12.4. The minimum atomic E-state index is 0.431. The van der Waals surface area contributed by atoms with E-state index in [1.807, 2.05) is 0 Å². The Morgan fingerprint density at radius 3 is 2.46 bits per heavy atom. The van der Waals surface area contributed by atoms with E-state index in [4.69, 9.17) is 14.5 Å². The van der Waals surface area contributed by atoms with Gasteiger partial charge in [0.05, 0.1) is 12.8 Å². The molecule has 1 heterocycles. The second-order valence-electron chi connectivity index (χ2n) is 6.28. The first-order chi connectivity index (χ1) is 11.5. The lowest BCUT2D eigenvalue weighted by Crippen LogP contribution is -2.12. The summed E-state index contributed by atoms with van der Waals surface area (Å²) in [6, 6.07) is 4.70. The van der Waals surface area contributed by atoms with Crippen molar-refractivity contribution in [1.82, 2.24) is 9.55 Å². The summed E-state index contributed by atoms with van der Waals surface area (Å²) < 4.78 is 13.0. The van der Waals surface area contributed by atoms with Crippen LogP contribution in [0.4, 0.5) is 0 Å². The lowest BCUT2D eigenvalue weighted by atomic mass is 10.0. The van der Waals surface area contributed by atoms with Crippen LogP contribution in [0, 0.1) is 13.8 Å². The second kappa shape index (κ2) is 8.34. The Morgan fingerprint density at radius 1 is 1.12 bits per heavy atom. The monoisotopic (exact) mass is 330 g/mol. The summed E-state index contributed by atoms with van der Waals surface area (Å²) in [6.45, 7) is 9.35. The molecule has 2 rings (SSSR count). The third-order valence-electron chi connectivity index (χ3n) is 4.66. The van der Waals surface area contributed by atoms with Gasteiger partial charge in [-0.1, -0.05) is 13.8 Å². The topological polar surface area (TPSA) is 36.3 Å². The first-order valence-electron chi connectivity index (χ1n) is 8.77. The number of ether oxygens (including phenoxy) is 2. The average Bonchev–Trinajstić information content (AvgIpc) is 3.01. The zero-order valence-corrected chi connectivity index (χ0v) is 15.8. The Morgan fingerprint density at radius 2 is 1.88 bits per heavy atom. The minimum Gasteiger partial charge on any atom is -0.496 e. The molecule has 2 aromatic rings. The first-order valence-corrected chi connectivity index (χ1v) is 8.77. The van der Waals surface area contributed by atoms with Crippen molar-refractivity contribution in [2.75, 3.05) is 20.8 Å². The highest BCUT2D eigenvalue weighted by Gasteiger charge is 2.17. The van der Waals surface area contributed by atoms with Gasteiger partial charge in [-0.05, 0) is 49.9 Å². The number of nitrogens with zero attached hydrogens (tertiary/aromatic N) is 2. The van der Waals surface area contributed by atoms with E-state index in [0.29, 0.717) is 6.04 Å². The van der Waals surface area contributed by atoms with Crippen LogP contribution in [0.2, 0.25) is 0 Å². The number of hydrogen-bond acceptors (Lipinski definition) is 3. The minimum absolute atomic E-state index is 0.431. The van der Waals surface area contributed by atoms with Crippen molar-refractivity contribution in [3.8, 4) is 17.0 Å². The van der Waals surface area contributed by atoms with Gasteiger partial charge in [0.1, 0.15) is 11.6 Å².